The molecular formula is C33H52N2O2. The molecule has 0 bridgehead atoms. The van der Waals surface area contributed by atoms with Crippen LogP contribution in [0.15, 0.2) is 48.8 Å². The highest BCUT2D eigenvalue weighted by Gasteiger charge is 2.06. The number of anilines is 1. The molecule has 0 atom stereocenters. The van der Waals surface area contributed by atoms with Gasteiger partial charge in [-0.1, -0.05) is 122 Å². The lowest BCUT2D eigenvalue weighted by molar-refractivity contribution is -0.134. The molecule has 2 rings (SSSR count). The van der Waals surface area contributed by atoms with Crippen LogP contribution in [0.1, 0.15) is 128 Å². The molecule has 4 nitrogen and oxygen atoms in total. The van der Waals surface area contributed by atoms with Crippen LogP contribution in [-0.2, 0) is 11.2 Å². The Balaban J connectivity index is 1.35. The Morgan fingerprint density at radius 1 is 0.730 bits per heavy atom. The lowest BCUT2D eigenvalue weighted by Gasteiger charge is -2.08. The zero-order valence-electron chi connectivity index (χ0n) is 23.5. The molecule has 0 aliphatic carbocycles. The molecule has 0 aliphatic heterocycles. The van der Waals surface area contributed by atoms with Crippen molar-refractivity contribution < 1.29 is 9.53 Å². The number of hydrogen-bond donors (Lipinski definition) is 1. The van der Waals surface area contributed by atoms with E-state index in [1.165, 1.54) is 109 Å². The second-order valence-corrected chi connectivity index (χ2v) is 10.4. The van der Waals surface area contributed by atoms with Crippen LogP contribution in [0.5, 0.6) is 5.75 Å². The van der Waals surface area contributed by atoms with E-state index in [0.29, 0.717) is 18.6 Å². The third-order valence-corrected chi connectivity index (χ3v) is 7.05. The number of carbonyl (C=O) groups is 1. The minimum atomic E-state index is -0.228. The van der Waals surface area contributed by atoms with Crippen LogP contribution < -0.4 is 10.1 Å². The van der Waals surface area contributed by atoms with Crippen LogP contribution >= 0.6 is 0 Å². The Bertz CT molecular complexity index is 792. The van der Waals surface area contributed by atoms with Crippen LogP contribution in [-0.4, -0.2) is 17.5 Å². The van der Waals surface area contributed by atoms with Crippen molar-refractivity contribution in [2.75, 3.05) is 11.9 Å². The number of nitrogens with one attached hydrogen (secondary N) is 1. The van der Waals surface area contributed by atoms with Crippen molar-refractivity contribution in [3.05, 3.63) is 54.4 Å². The van der Waals surface area contributed by atoms with Gasteiger partial charge in [0.05, 0.1) is 6.20 Å². The number of aromatic nitrogens is 1. The van der Waals surface area contributed by atoms with Gasteiger partial charge >= 0.3 is 5.97 Å². The third-order valence-electron chi connectivity index (χ3n) is 7.05. The topological polar surface area (TPSA) is 51.2 Å². The van der Waals surface area contributed by atoms with Gasteiger partial charge in [0.15, 0.2) is 0 Å². The van der Waals surface area contributed by atoms with E-state index in [1.54, 1.807) is 24.5 Å². The maximum absolute atomic E-state index is 12.0. The maximum Gasteiger partial charge on any atom is 0.311 e. The van der Waals surface area contributed by atoms with Gasteiger partial charge in [0.25, 0.3) is 0 Å². The van der Waals surface area contributed by atoms with E-state index in [4.69, 9.17) is 4.74 Å². The monoisotopic (exact) mass is 508 g/mol. The first-order valence-corrected chi connectivity index (χ1v) is 15.2. The van der Waals surface area contributed by atoms with Crippen molar-refractivity contribution >= 4 is 11.7 Å². The first kappa shape index (κ1) is 30.9. The highest BCUT2D eigenvalue weighted by molar-refractivity contribution is 5.72. The number of carbonyl (C=O) groups excluding carboxylic acids is 1. The van der Waals surface area contributed by atoms with E-state index >= 15 is 0 Å². The van der Waals surface area contributed by atoms with Gasteiger partial charge in [0.2, 0.25) is 0 Å². The van der Waals surface area contributed by atoms with E-state index in [9.17, 15) is 4.79 Å². The molecule has 0 amide bonds. The fourth-order valence-electron chi connectivity index (χ4n) is 4.71. The summed E-state index contributed by atoms with van der Waals surface area (Å²) in [6, 6.07) is 11.9. The van der Waals surface area contributed by atoms with E-state index in [-0.39, 0.29) is 5.97 Å². The molecule has 37 heavy (non-hydrogen) atoms. The van der Waals surface area contributed by atoms with Gasteiger partial charge in [-0.3, -0.25) is 9.78 Å². The molecule has 0 spiro atoms. The van der Waals surface area contributed by atoms with Crippen molar-refractivity contribution in [2.24, 2.45) is 0 Å². The van der Waals surface area contributed by atoms with Crippen LogP contribution in [0.2, 0.25) is 0 Å². The Kier molecular flexibility index (Phi) is 18.1. The molecule has 2 aromatic rings. The van der Waals surface area contributed by atoms with Crippen LogP contribution in [0, 0.1) is 0 Å². The average Bonchev–Trinajstić information content (AvgIpc) is 2.92. The summed E-state index contributed by atoms with van der Waals surface area (Å²) < 4.78 is 5.29. The number of benzene rings is 1. The Morgan fingerprint density at radius 2 is 1.27 bits per heavy atom. The number of hydrogen-bond acceptors (Lipinski definition) is 4. The molecule has 1 aromatic heterocycles. The SMILES string of the molecule is CCCCCCCCCCCCCCCCCCCNc1ccc(CCC(=O)Oc2cccnc2)cc1. The molecule has 0 unspecified atom stereocenters. The second kappa shape index (κ2) is 21.7. The van der Waals surface area contributed by atoms with Gasteiger partial charge in [-0.2, -0.15) is 0 Å². The normalized spacial score (nSPS) is 10.9. The molecule has 1 aromatic carbocycles. The fourth-order valence-corrected chi connectivity index (χ4v) is 4.71. The molecule has 206 valence electrons. The molecular weight excluding hydrogens is 456 g/mol. The van der Waals surface area contributed by atoms with Gasteiger partial charge in [-0.25, -0.2) is 0 Å². The predicted octanol–water partition coefficient (Wildman–Crippen LogP) is 9.68. The highest BCUT2D eigenvalue weighted by atomic mass is 16.5. The Hall–Kier alpha value is -2.36. The summed E-state index contributed by atoms with van der Waals surface area (Å²) in [6.45, 7) is 3.31. The van der Waals surface area contributed by atoms with Crippen molar-refractivity contribution in [2.45, 2.75) is 129 Å². The van der Waals surface area contributed by atoms with Gasteiger partial charge in [-0.15, -0.1) is 0 Å². The van der Waals surface area contributed by atoms with Crippen LogP contribution in [0.4, 0.5) is 5.69 Å². The second-order valence-electron chi connectivity index (χ2n) is 10.4. The van der Waals surface area contributed by atoms with Crippen LogP contribution in [0.25, 0.3) is 0 Å². The summed E-state index contributed by atoms with van der Waals surface area (Å²) >= 11 is 0. The number of unbranched alkanes of at least 4 members (excludes halogenated alkanes) is 16. The minimum Gasteiger partial charge on any atom is -0.425 e. The summed E-state index contributed by atoms with van der Waals surface area (Å²) in [5.41, 5.74) is 2.30. The predicted molar refractivity (Wildman–Crippen MR) is 157 cm³/mol. The van der Waals surface area contributed by atoms with Crippen molar-refractivity contribution in [3.63, 3.8) is 0 Å². The lowest BCUT2D eigenvalue weighted by Crippen LogP contribution is -2.09. The first-order chi connectivity index (χ1) is 18.3. The Morgan fingerprint density at radius 3 is 1.78 bits per heavy atom. The summed E-state index contributed by atoms with van der Waals surface area (Å²) in [4.78, 5) is 15.9. The van der Waals surface area contributed by atoms with Crippen LogP contribution in [0.3, 0.4) is 0 Å². The standard InChI is InChI=1S/C33H52N2O2/c1-2-3-4-5-6-7-8-9-10-11-12-13-14-15-16-17-18-28-35-31-24-21-30(22-25-31)23-26-33(36)37-32-20-19-27-34-29-32/h19-22,24-25,27,29,35H,2-18,23,26,28H2,1H3. The fraction of sp³-hybridized carbons (Fsp3) is 0.636. The summed E-state index contributed by atoms with van der Waals surface area (Å²) in [6.07, 6.45) is 28.1. The minimum absolute atomic E-state index is 0.228. The van der Waals surface area contributed by atoms with Gasteiger partial charge < -0.3 is 10.1 Å². The summed E-state index contributed by atoms with van der Waals surface area (Å²) in [5, 5.41) is 3.52. The van der Waals surface area contributed by atoms with Gasteiger partial charge in [0.1, 0.15) is 5.75 Å². The lowest BCUT2D eigenvalue weighted by atomic mass is 10.0. The maximum atomic E-state index is 12.0. The number of pyridine rings is 1. The zero-order valence-corrected chi connectivity index (χ0v) is 23.5. The van der Waals surface area contributed by atoms with Crippen molar-refractivity contribution in [1.29, 1.82) is 0 Å². The van der Waals surface area contributed by atoms with Gasteiger partial charge in [-0.05, 0) is 42.7 Å². The highest BCUT2D eigenvalue weighted by Crippen LogP contribution is 2.15. The van der Waals surface area contributed by atoms with Crippen molar-refractivity contribution in [3.8, 4) is 5.75 Å². The number of nitrogens with zero attached hydrogens (tertiary/aromatic N) is 1. The molecule has 1 heterocycles. The number of aryl methyl sites for hydroxylation is 1. The number of rotatable bonds is 23. The quantitative estimate of drug-likeness (QED) is 0.120. The van der Waals surface area contributed by atoms with E-state index < -0.39 is 0 Å². The smallest absolute Gasteiger partial charge is 0.311 e. The summed E-state index contributed by atoms with van der Waals surface area (Å²) in [5.74, 6) is 0.269. The zero-order chi connectivity index (χ0) is 26.2. The van der Waals surface area contributed by atoms with E-state index in [2.05, 4.69) is 41.5 Å². The van der Waals surface area contributed by atoms with E-state index in [0.717, 1.165) is 17.8 Å². The molecule has 0 fully saturated rings. The molecule has 0 saturated carbocycles. The van der Waals surface area contributed by atoms with Crippen molar-refractivity contribution in [1.82, 2.24) is 4.98 Å². The number of ether oxygens (including phenoxy) is 1. The molecule has 0 aliphatic rings. The molecule has 1 N–H and O–H groups in total. The first-order valence-electron chi connectivity index (χ1n) is 15.2. The average molecular weight is 509 g/mol. The third kappa shape index (κ3) is 16.9. The number of esters is 1. The molecule has 4 heteroatoms. The van der Waals surface area contributed by atoms with Gasteiger partial charge in [0, 0.05) is 24.8 Å². The summed E-state index contributed by atoms with van der Waals surface area (Å²) in [7, 11) is 0. The van der Waals surface area contributed by atoms with E-state index in [1.807, 2.05) is 0 Å². The molecule has 0 radical (unpaired) electrons. The Labute approximate surface area is 227 Å². The molecule has 0 saturated heterocycles. The largest absolute Gasteiger partial charge is 0.425 e.